The number of aryl methyl sites for hydroxylation is 1. The number of anilines is 1. The van der Waals surface area contributed by atoms with E-state index in [1.807, 2.05) is 32.0 Å². The average molecular weight is 200 g/mol. The van der Waals surface area contributed by atoms with Crippen LogP contribution >= 0.6 is 12.4 Å². The van der Waals surface area contributed by atoms with Gasteiger partial charge in [0.2, 0.25) is 5.91 Å². The molecule has 1 N–H and O–H groups in total. The van der Waals surface area contributed by atoms with Crippen LogP contribution in [0.3, 0.4) is 0 Å². The van der Waals surface area contributed by atoms with E-state index in [9.17, 15) is 4.79 Å². The van der Waals surface area contributed by atoms with Gasteiger partial charge in [-0.1, -0.05) is 12.1 Å². The number of rotatable bonds is 1. The zero-order chi connectivity index (χ0) is 9.14. The first-order valence-electron chi connectivity index (χ1n) is 3.95. The average Bonchev–Trinajstić information content (AvgIpc) is 1.98. The summed E-state index contributed by atoms with van der Waals surface area (Å²) in [7, 11) is 0. The summed E-state index contributed by atoms with van der Waals surface area (Å²) in [4.78, 5) is 10.8. The third kappa shape index (κ3) is 3.07. The van der Waals surface area contributed by atoms with E-state index in [1.165, 1.54) is 12.5 Å². The van der Waals surface area contributed by atoms with E-state index in [0.717, 1.165) is 11.3 Å². The van der Waals surface area contributed by atoms with Crippen molar-refractivity contribution < 1.29 is 4.79 Å². The van der Waals surface area contributed by atoms with Crippen LogP contribution in [0.2, 0.25) is 0 Å². The lowest BCUT2D eigenvalue weighted by Crippen LogP contribution is -2.07. The van der Waals surface area contributed by atoms with Crippen molar-refractivity contribution in [3.8, 4) is 0 Å². The topological polar surface area (TPSA) is 29.1 Å². The van der Waals surface area contributed by atoms with Gasteiger partial charge in [-0.05, 0) is 31.0 Å². The largest absolute Gasteiger partial charge is 0.326 e. The molecule has 0 fully saturated rings. The molecule has 0 spiro atoms. The molecule has 0 aliphatic carbocycles. The molecule has 0 unspecified atom stereocenters. The highest BCUT2D eigenvalue weighted by Gasteiger charge is 2.00. The molecule has 1 aromatic carbocycles. The number of amides is 1. The molecule has 0 heterocycles. The molecule has 1 aromatic rings. The van der Waals surface area contributed by atoms with E-state index in [0.29, 0.717) is 0 Å². The normalized spacial score (nSPS) is 8.85. The van der Waals surface area contributed by atoms with Crippen molar-refractivity contribution in [3.05, 3.63) is 29.3 Å². The molecule has 0 aliphatic heterocycles. The standard InChI is InChI=1S/C10H13NO.ClH/c1-7-5-4-6-10(8(7)2)11-9(3)12;/h4-6H,1-3H3,(H,11,12);1H. The lowest BCUT2D eigenvalue weighted by molar-refractivity contribution is -0.114. The number of hydrogen-bond acceptors (Lipinski definition) is 1. The maximum Gasteiger partial charge on any atom is 0.221 e. The van der Waals surface area contributed by atoms with Crippen LogP contribution in [0, 0.1) is 13.8 Å². The van der Waals surface area contributed by atoms with Crippen LogP contribution < -0.4 is 5.32 Å². The van der Waals surface area contributed by atoms with E-state index in [2.05, 4.69) is 5.32 Å². The predicted octanol–water partition coefficient (Wildman–Crippen LogP) is 2.68. The minimum absolute atomic E-state index is 0. The summed E-state index contributed by atoms with van der Waals surface area (Å²) in [5.74, 6) is -0.0244. The Morgan fingerprint density at radius 1 is 1.31 bits per heavy atom. The highest BCUT2D eigenvalue weighted by atomic mass is 35.5. The second-order valence-corrected chi connectivity index (χ2v) is 2.93. The van der Waals surface area contributed by atoms with Crippen molar-refractivity contribution in [2.24, 2.45) is 0 Å². The van der Waals surface area contributed by atoms with Crippen molar-refractivity contribution in [1.82, 2.24) is 0 Å². The molecule has 0 atom stereocenters. The lowest BCUT2D eigenvalue weighted by Gasteiger charge is -2.07. The molecule has 13 heavy (non-hydrogen) atoms. The summed E-state index contributed by atoms with van der Waals surface area (Å²) in [6, 6.07) is 5.87. The second-order valence-electron chi connectivity index (χ2n) is 2.93. The second kappa shape index (κ2) is 4.87. The van der Waals surface area contributed by atoms with Gasteiger partial charge in [-0.15, -0.1) is 12.4 Å². The molecular formula is C10H14ClNO. The Labute approximate surface area is 84.8 Å². The number of nitrogens with one attached hydrogen (secondary N) is 1. The predicted molar refractivity (Wildman–Crippen MR) is 57.5 cm³/mol. The van der Waals surface area contributed by atoms with E-state index >= 15 is 0 Å². The van der Waals surface area contributed by atoms with Gasteiger partial charge in [-0.25, -0.2) is 0 Å². The number of carbonyl (C=O) groups excluding carboxylic acids is 1. The summed E-state index contributed by atoms with van der Waals surface area (Å²) < 4.78 is 0. The molecule has 1 amide bonds. The van der Waals surface area contributed by atoms with E-state index in [4.69, 9.17) is 0 Å². The third-order valence-electron chi connectivity index (χ3n) is 1.92. The summed E-state index contributed by atoms with van der Waals surface area (Å²) in [6.45, 7) is 5.54. The van der Waals surface area contributed by atoms with Gasteiger partial charge in [0.25, 0.3) is 0 Å². The van der Waals surface area contributed by atoms with E-state index < -0.39 is 0 Å². The van der Waals surface area contributed by atoms with Crippen molar-refractivity contribution >= 4 is 24.0 Å². The van der Waals surface area contributed by atoms with Crippen LogP contribution in [0.5, 0.6) is 0 Å². The van der Waals surface area contributed by atoms with Crippen molar-refractivity contribution in [3.63, 3.8) is 0 Å². The van der Waals surface area contributed by atoms with Gasteiger partial charge in [0.15, 0.2) is 0 Å². The maximum absolute atomic E-state index is 10.8. The molecule has 72 valence electrons. The summed E-state index contributed by atoms with van der Waals surface area (Å²) >= 11 is 0. The van der Waals surface area contributed by atoms with Gasteiger partial charge >= 0.3 is 0 Å². The fourth-order valence-electron chi connectivity index (χ4n) is 1.08. The Kier molecular flexibility index (Phi) is 4.49. The number of carbonyl (C=O) groups is 1. The monoisotopic (exact) mass is 199 g/mol. The number of hydrogen-bond donors (Lipinski definition) is 1. The Hall–Kier alpha value is -1.02. The number of benzene rings is 1. The Morgan fingerprint density at radius 3 is 2.46 bits per heavy atom. The van der Waals surface area contributed by atoms with Gasteiger partial charge in [-0.2, -0.15) is 0 Å². The molecule has 1 rings (SSSR count). The summed E-state index contributed by atoms with van der Waals surface area (Å²) in [5, 5.41) is 2.77. The van der Waals surface area contributed by atoms with Gasteiger partial charge in [0.05, 0.1) is 0 Å². The third-order valence-corrected chi connectivity index (χ3v) is 1.92. The Balaban J connectivity index is 0.00000144. The van der Waals surface area contributed by atoms with E-state index in [1.54, 1.807) is 0 Å². The quantitative estimate of drug-likeness (QED) is 0.741. The van der Waals surface area contributed by atoms with E-state index in [-0.39, 0.29) is 18.3 Å². The SMILES string of the molecule is CC(=O)Nc1cccc(C)c1C.Cl. The highest BCUT2D eigenvalue weighted by Crippen LogP contribution is 2.17. The van der Waals surface area contributed by atoms with Crippen molar-refractivity contribution in [1.29, 1.82) is 0 Å². The molecule has 0 saturated carbocycles. The zero-order valence-corrected chi connectivity index (χ0v) is 8.87. The summed E-state index contributed by atoms with van der Waals surface area (Å²) in [5.41, 5.74) is 3.23. The summed E-state index contributed by atoms with van der Waals surface area (Å²) in [6.07, 6.45) is 0. The molecular weight excluding hydrogens is 186 g/mol. The first-order valence-corrected chi connectivity index (χ1v) is 3.95. The smallest absolute Gasteiger partial charge is 0.221 e. The van der Waals surface area contributed by atoms with Crippen molar-refractivity contribution in [2.75, 3.05) is 5.32 Å². The van der Waals surface area contributed by atoms with Gasteiger partial charge in [-0.3, -0.25) is 4.79 Å². The first-order chi connectivity index (χ1) is 5.61. The molecule has 0 aromatic heterocycles. The fourth-order valence-corrected chi connectivity index (χ4v) is 1.08. The molecule has 0 radical (unpaired) electrons. The molecule has 3 heteroatoms. The molecule has 0 saturated heterocycles. The molecule has 0 aliphatic rings. The minimum Gasteiger partial charge on any atom is -0.326 e. The van der Waals surface area contributed by atoms with Gasteiger partial charge in [0, 0.05) is 12.6 Å². The fraction of sp³-hybridized carbons (Fsp3) is 0.300. The van der Waals surface area contributed by atoms with Gasteiger partial charge < -0.3 is 5.32 Å². The molecule has 2 nitrogen and oxygen atoms in total. The van der Waals surface area contributed by atoms with Crippen molar-refractivity contribution in [2.45, 2.75) is 20.8 Å². The Morgan fingerprint density at radius 2 is 1.92 bits per heavy atom. The van der Waals surface area contributed by atoms with Crippen LogP contribution in [0.1, 0.15) is 18.1 Å². The minimum atomic E-state index is -0.0244. The Bertz CT molecular complexity index is 310. The highest BCUT2D eigenvalue weighted by molar-refractivity contribution is 5.89. The van der Waals surface area contributed by atoms with Crippen LogP contribution in [0.15, 0.2) is 18.2 Å². The number of halogens is 1. The van der Waals surface area contributed by atoms with Gasteiger partial charge in [0.1, 0.15) is 0 Å². The van der Waals surface area contributed by atoms with Crippen LogP contribution in [0.4, 0.5) is 5.69 Å². The maximum atomic E-state index is 10.8. The van der Waals surface area contributed by atoms with Crippen LogP contribution in [-0.4, -0.2) is 5.91 Å². The zero-order valence-electron chi connectivity index (χ0n) is 8.05. The lowest BCUT2D eigenvalue weighted by atomic mass is 10.1. The van der Waals surface area contributed by atoms with Crippen LogP contribution in [0.25, 0.3) is 0 Å². The van der Waals surface area contributed by atoms with Crippen LogP contribution in [-0.2, 0) is 4.79 Å². The first kappa shape index (κ1) is 12.0. The molecule has 0 bridgehead atoms.